The lowest BCUT2D eigenvalue weighted by Gasteiger charge is -2.28. The number of hydrogen-bond acceptors (Lipinski definition) is 10. The number of ether oxygens (including phenoxy) is 3. The Labute approximate surface area is 305 Å². The molecular weight excluding hydrogens is 666 g/mol. The van der Waals surface area contributed by atoms with E-state index in [0.717, 1.165) is 48.2 Å². The van der Waals surface area contributed by atoms with Gasteiger partial charge < -0.3 is 35.1 Å². The van der Waals surface area contributed by atoms with Crippen LogP contribution >= 0.6 is 0 Å². The molecule has 1 aromatic heterocycles. The first-order chi connectivity index (χ1) is 25.2. The second-order valence-corrected chi connectivity index (χ2v) is 12.8. The summed E-state index contributed by atoms with van der Waals surface area (Å²) in [4.78, 5) is 52.9. The molecule has 1 aliphatic rings. The number of alkyl carbamates (subject to hydrolysis) is 1. The molecule has 1 aliphatic heterocycles. The van der Waals surface area contributed by atoms with Gasteiger partial charge in [0.05, 0.1) is 50.3 Å². The lowest BCUT2D eigenvalue weighted by Crippen LogP contribution is -2.39. The zero-order chi connectivity index (χ0) is 37.3. The third-order valence-electron chi connectivity index (χ3n) is 8.74. The SMILES string of the molecule is CCNC(CCCCNC(=O)OCCn1nnc2c1-c1ccccc1CN(C(=O)CCC(=O)NCCOCCOC)c1ccccc1-2)C(=O)C(C)C. The fraction of sp³-hybridized carbons (Fsp3) is 0.526. The van der Waals surface area contributed by atoms with Crippen molar-refractivity contribution < 1.29 is 33.4 Å². The number of methoxy groups -OCH3 is 1. The van der Waals surface area contributed by atoms with Crippen LogP contribution in [0.5, 0.6) is 0 Å². The van der Waals surface area contributed by atoms with E-state index in [4.69, 9.17) is 14.2 Å². The number of nitrogens with zero attached hydrogens (tertiary/aromatic N) is 4. The van der Waals surface area contributed by atoms with E-state index in [-0.39, 0.29) is 62.1 Å². The number of rotatable bonds is 21. The summed E-state index contributed by atoms with van der Waals surface area (Å²) in [7, 11) is 1.60. The van der Waals surface area contributed by atoms with Crippen molar-refractivity contribution in [3.8, 4) is 22.5 Å². The summed E-state index contributed by atoms with van der Waals surface area (Å²) in [5.41, 5.74) is 4.51. The molecule has 14 heteroatoms. The molecule has 4 rings (SSSR count). The second kappa shape index (κ2) is 21.0. The molecule has 3 N–H and O–H groups in total. The Morgan fingerprint density at radius 2 is 1.65 bits per heavy atom. The third kappa shape index (κ3) is 11.4. The normalized spacial score (nSPS) is 12.6. The molecule has 0 fully saturated rings. The molecule has 0 saturated heterocycles. The van der Waals surface area contributed by atoms with Crippen molar-refractivity contribution >= 4 is 29.4 Å². The minimum Gasteiger partial charge on any atom is -0.448 e. The van der Waals surface area contributed by atoms with Crippen LogP contribution in [0.2, 0.25) is 0 Å². The number of para-hydroxylation sites is 1. The smallest absolute Gasteiger partial charge is 0.407 e. The molecule has 0 radical (unpaired) electrons. The largest absolute Gasteiger partial charge is 0.448 e. The van der Waals surface area contributed by atoms with Crippen molar-refractivity contribution in [3.63, 3.8) is 0 Å². The van der Waals surface area contributed by atoms with E-state index in [1.807, 2.05) is 69.3 Å². The Morgan fingerprint density at radius 1 is 0.885 bits per heavy atom. The molecule has 0 spiro atoms. The number of fused-ring (bicyclic) bond motifs is 5. The maximum Gasteiger partial charge on any atom is 0.407 e. The number of nitrogens with one attached hydrogen (secondary N) is 3. The summed E-state index contributed by atoms with van der Waals surface area (Å²) >= 11 is 0. The molecule has 3 aromatic rings. The van der Waals surface area contributed by atoms with E-state index >= 15 is 0 Å². The summed E-state index contributed by atoms with van der Waals surface area (Å²) in [5, 5.41) is 17.9. The number of hydrogen-bond donors (Lipinski definition) is 3. The zero-order valence-corrected chi connectivity index (χ0v) is 30.8. The second-order valence-electron chi connectivity index (χ2n) is 12.8. The van der Waals surface area contributed by atoms with E-state index in [9.17, 15) is 19.2 Å². The number of carbonyl (C=O) groups excluding carboxylic acids is 4. The first-order valence-electron chi connectivity index (χ1n) is 18.2. The Balaban J connectivity index is 1.37. The van der Waals surface area contributed by atoms with Crippen molar-refractivity contribution in [2.24, 2.45) is 5.92 Å². The fourth-order valence-electron chi connectivity index (χ4n) is 6.08. The Bertz CT molecular complexity index is 1630. The van der Waals surface area contributed by atoms with Gasteiger partial charge in [0.15, 0.2) is 5.78 Å². The average molecular weight is 720 g/mol. The molecule has 1 unspecified atom stereocenters. The van der Waals surface area contributed by atoms with E-state index in [1.165, 1.54) is 0 Å². The monoisotopic (exact) mass is 719 g/mol. The molecule has 52 heavy (non-hydrogen) atoms. The van der Waals surface area contributed by atoms with Gasteiger partial charge in [-0.1, -0.05) is 68.4 Å². The lowest BCUT2D eigenvalue weighted by molar-refractivity contribution is -0.125. The molecule has 14 nitrogen and oxygen atoms in total. The highest BCUT2D eigenvalue weighted by molar-refractivity contribution is 6.01. The first-order valence-corrected chi connectivity index (χ1v) is 18.2. The number of anilines is 1. The van der Waals surface area contributed by atoms with Gasteiger partial charge in [-0.05, 0) is 37.4 Å². The van der Waals surface area contributed by atoms with Crippen LogP contribution in [-0.4, -0.2) is 97.9 Å². The maximum atomic E-state index is 13.7. The van der Waals surface area contributed by atoms with E-state index in [0.29, 0.717) is 44.3 Å². The number of ketones is 1. The molecule has 2 heterocycles. The van der Waals surface area contributed by atoms with Crippen LogP contribution in [0.25, 0.3) is 22.5 Å². The van der Waals surface area contributed by atoms with Crippen LogP contribution in [-0.2, 0) is 41.7 Å². The van der Waals surface area contributed by atoms with E-state index < -0.39 is 6.09 Å². The zero-order valence-electron chi connectivity index (χ0n) is 30.8. The topological polar surface area (TPSA) is 166 Å². The quantitative estimate of drug-likeness (QED) is 0.136. The Morgan fingerprint density at radius 3 is 2.42 bits per heavy atom. The highest BCUT2D eigenvalue weighted by atomic mass is 16.5. The molecule has 3 amide bonds. The van der Waals surface area contributed by atoms with Crippen LogP contribution in [0.1, 0.15) is 58.4 Å². The predicted molar refractivity (Wildman–Crippen MR) is 198 cm³/mol. The summed E-state index contributed by atoms with van der Waals surface area (Å²) in [6.45, 7) is 9.26. The Hall–Kier alpha value is -4.66. The Kier molecular flexibility index (Phi) is 16.2. The van der Waals surface area contributed by atoms with Crippen LogP contribution in [0, 0.1) is 5.92 Å². The third-order valence-corrected chi connectivity index (χ3v) is 8.74. The van der Waals surface area contributed by atoms with Crippen molar-refractivity contribution in [1.29, 1.82) is 0 Å². The molecule has 282 valence electrons. The van der Waals surface area contributed by atoms with Gasteiger partial charge in [-0.3, -0.25) is 14.4 Å². The first kappa shape index (κ1) is 40.1. The number of unbranched alkanes of at least 4 members (excludes halogenated alkanes) is 1. The number of amides is 3. The minimum atomic E-state index is -0.520. The van der Waals surface area contributed by atoms with Gasteiger partial charge >= 0.3 is 6.09 Å². The van der Waals surface area contributed by atoms with Gasteiger partial charge in [0.25, 0.3) is 0 Å². The molecule has 1 atom stereocenters. The van der Waals surface area contributed by atoms with Gasteiger partial charge in [0.1, 0.15) is 12.3 Å². The number of aromatic nitrogens is 3. The highest BCUT2D eigenvalue weighted by Crippen LogP contribution is 2.41. The number of likely N-dealkylation sites (N-methyl/N-ethyl adjacent to an activating group) is 1. The number of benzene rings is 2. The van der Waals surface area contributed by atoms with Gasteiger partial charge in [0.2, 0.25) is 11.8 Å². The summed E-state index contributed by atoms with van der Waals surface area (Å²) < 4.78 is 17.6. The van der Waals surface area contributed by atoms with Crippen molar-refractivity contribution in [2.75, 3.05) is 58.1 Å². The molecule has 0 saturated carbocycles. The summed E-state index contributed by atoms with van der Waals surface area (Å²) in [6.07, 6.45) is 1.80. The number of Topliss-reactive ketones (excluding diaryl/α,β-unsaturated/α-hetero) is 1. The lowest BCUT2D eigenvalue weighted by atomic mass is 9.95. The van der Waals surface area contributed by atoms with Gasteiger partial charge in [-0.2, -0.15) is 0 Å². The summed E-state index contributed by atoms with van der Waals surface area (Å²) in [6, 6.07) is 15.1. The van der Waals surface area contributed by atoms with Crippen LogP contribution < -0.4 is 20.9 Å². The van der Waals surface area contributed by atoms with E-state index in [1.54, 1.807) is 16.7 Å². The molecular formula is C38H53N7O7. The van der Waals surface area contributed by atoms with Crippen molar-refractivity contribution in [1.82, 2.24) is 30.9 Å². The van der Waals surface area contributed by atoms with Crippen LogP contribution in [0.4, 0.5) is 10.5 Å². The van der Waals surface area contributed by atoms with Crippen molar-refractivity contribution in [2.45, 2.75) is 72.0 Å². The van der Waals surface area contributed by atoms with E-state index in [2.05, 4.69) is 26.3 Å². The predicted octanol–water partition coefficient (Wildman–Crippen LogP) is 4.12. The maximum absolute atomic E-state index is 13.7. The standard InChI is InChI=1S/C38H53N7O7/c1-5-39-31(37(48)27(2)3)15-10-11-19-41-38(49)52-23-21-45-36-29-13-7-6-12-28(29)26-44(32-16-9-8-14-30(32)35(36)42-43-45)34(47)18-17-33(46)40-20-22-51-25-24-50-4/h6-9,12-14,16,27,31,39H,5,10-11,15,17-26H2,1-4H3,(H,40,46)(H,41,49). The number of carbonyl (C=O) groups is 4. The van der Waals surface area contributed by atoms with Crippen LogP contribution in [0.15, 0.2) is 48.5 Å². The van der Waals surface area contributed by atoms with Gasteiger partial charge in [-0.15, -0.1) is 5.10 Å². The highest BCUT2D eigenvalue weighted by Gasteiger charge is 2.29. The molecule has 0 aliphatic carbocycles. The van der Waals surface area contributed by atoms with Crippen molar-refractivity contribution in [3.05, 3.63) is 54.1 Å². The molecule has 2 aromatic carbocycles. The minimum absolute atomic E-state index is 0.0249. The average Bonchev–Trinajstić information content (AvgIpc) is 3.55. The van der Waals surface area contributed by atoms with Gasteiger partial charge in [-0.25, -0.2) is 9.48 Å². The summed E-state index contributed by atoms with van der Waals surface area (Å²) in [5.74, 6) is -0.228. The van der Waals surface area contributed by atoms with Gasteiger partial charge in [0, 0.05) is 50.1 Å². The molecule has 0 bridgehead atoms. The van der Waals surface area contributed by atoms with Crippen LogP contribution in [0.3, 0.4) is 0 Å². The fourth-order valence-corrected chi connectivity index (χ4v) is 6.08.